The Kier molecular flexibility index (Phi) is 4.49. The fourth-order valence-electron chi connectivity index (χ4n) is 1.18. The third-order valence-electron chi connectivity index (χ3n) is 1.87. The van der Waals surface area contributed by atoms with Crippen LogP contribution in [0.25, 0.3) is 0 Å². The number of carbonyl (C=O) groups excluding carboxylic acids is 1. The highest BCUT2D eigenvalue weighted by Crippen LogP contribution is 2.26. The minimum absolute atomic E-state index is 0.383. The zero-order valence-corrected chi connectivity index (χ0v) is 11.5. The maximum atomic E-state index is 11.0. The van der Waals surface area contributed by atoms with Gasteiger partial charge in [0.2, 0.25) is 5.91 Å². The largest absolute Gasteiger partial charge is 0.479 e. The molecule has 0 aliphatic carbocycles. The fourth-order valence-corrected chi connectivity index (χ4v) is 1.83. The van der Waals surface area contributed by atoms with E-state index in [2.05, 4.69) is 37.2 Å². The van der Waals surface area contributed by atoms with Gasteiger partial charge in [-0.25, -0.2) is 4.79 Å². The lowest BCUT2D eigenvalue weighted by molar-refractivity contribution is -0.141. The molecule has 0 aliphatic rings. The van der Waals surface area contributed by atoms with E-state index >= 15 is 0 Å². The normalized spacial score (nSPS) is 11.9. The molecule has 0 heterocycles. The van der Waals surface area contributed by atoms with Crippen molar-refractivity contribution in [3.63, 3.8) is 0 Å². The highest BCUT2D eigenvalue weighted by molar-refractivity contribution is 9.13. The van der Waals surface area contributed by atoms with E-state index in [4.69, 9.17) is 5.11 Å². The molecule has 1 unspecified atom stereocenters. The standard InChI is InChI=1S/C10H9Br2NO3/c1-5(14)13-9(10(15)16)6-2-3-7(11)8(12)4-6/h2-4,9H,1H3,(H,13,14)(H,15,16). The first-order valence-electron chi connectivity index (χ1n) is 4.36. The predicted octanol–water partition coefficient (Wildman–Crippen LogP) is 2.47. The second kappa shape index (κ2) is 5.45. The molecule has 0 bridgehead atoms. The number of carboxylic acids is 1. The maximum Gasteiger partial charge on any atom is 0.330 e. The first-order chi connectivity index (χ1) is 7.41. The van der Waals surface area contributed by atoms with Gasteiger partial charge in [0.15, 0.2) is 6.04 Å². The van der Waals surface area contributed by atoms with Crippen LogP contribution in [-0.2, 0) is 9.59 Å². The first kappa shape index (κ1) is 13.2. The topological polar surface area (TPSA) is 66.4 Å². The Hall–Kier alpha value is -0.880. The minimum Gasteiger partial charge on any atom is -0.479 e. The van der Waals surface area contributed by atoms with Crippen LogP contribution < -0.4 is 5.32 Å². The van der Waals surface area contributed by atoms with Crippen LogP contribution in [-0.4, -0.2) is 17.0 Å². The smallest absolute Gasteiger partial charge is 0.330 e. The van der Waals surface area contributed by atoms with Crippen molar-refractivity contribution in [1.82, 2.24) is 5.32 Å². The van der Waals surface area contributed by atoms with Crippen LogP contribution in [0.15, 0.2) is 27.1 Å². The second-order valence-electron chi connectivity index (χ2n) is 3.15. The summed E-state index contributed by atoms with van der Waals surface area (Å²) in [5.74, 6) is -1.48. The molecule has 6 heteroatoms. The van der Waals surface area contributed by atoms with Gasteiger partial charge in [0.05, 0.1) is 0 Å². The van der Waals surface area contributed by atoms with Crippen LogP contribution in [0, 0.1) is 0 Å². The molecule has 0 aliphatic heterocycles. The SMILES string of the molecule is CC(=O)NC(C(=O)O)c1ccc(Br)c(Br)c1. The van der Waals surface area contributed by atoms with Crippen molar-refractivity contribution >= 4 is 43.7 Å². The second-order valence-corrected chi connectivity index (χ2v) is 4.85. The Balaban J connectivity index is 3.06. The van der Waals surface area contributed by atoms with E-state index in [1.807, 2.05) is 0 Å². The Morgan fingerprint density at radius 2 is 1.94 bits per heavy atom. The number of halogens is 2. The minimum atomic E-state index is -1.09. The average Bonchev–Trinajstić information content (AvgIpc) is 2.18. The molecule has 0 fully saturated rings. The summed E-state index contributed by atoms with van der Waals surface area (Å²) < 4.78 is 1.56. The molecule has 0 saturated carbocycles. The van der Waals surface area contributed by atoms with Crippen molar-refractivity contribution in [1.29, 1.82) is 0 Å². The van der Waals surface area contributed by atoms with E-state index < -0.39 is 12.0 Å². The lowest BCUT2D eigenvalue weighted by atomic mass is 10.1. The van der Waals surface area contributed by atoms with Gasteiger partial charge in [0, 0.05) is 15.9 Å². The van der Waals surface area contributed by atoms with Gasteiger partial charge in [0.1, 0.15) is 0 Å². The highest BCUT2D eigenvalue weighted by atomic mass is 79.9. The van der Waals surface area contributed by atoms with Crippen LogP contribution in [0.4, 0.5) is 0 Å². The Morgan fingerprint density at radius 1 is 1.31 bits per heavy atom. The molecule has 16 heavy (non-hydrogen) atoms. The molecular formula is C10H9Br2NO3. The number of benzene rings is 1. The van der Waals surface area contributed by atoms with Gasteiger partial charge in [0.25, 0.3) is 0 Å². The van der Waals surface area contributed by atoms with Crippen LogP contribution >= 0.6 is 31.9 Å². The first-order valence-corrected chi connectivity index (χ1v) is 5.95. The number of hydrogen-bond acceptors (Lipinski definition) is 2. The summed E-state index contributed by atoms with van der Waals surface area (Å²) in [6, 6.07) is 3.99. The van der Waals surface area contributed by atoms with Crippen molar-refractivity contribution in [2.45, 2.75) is 13.0 Å². The summed E-state index contributed by atoms with van der Waals surface area (Å²) in [5.41, 5.74) is 0.512. The monoisotopic (exact) mass is 349 g/mol. The van der Waals surface area contributed by atoms with Gasteiger partial charge in [-0.3, -0.25) is 4.79 Å². The lowest BCUT2D eigenvalue weighted by Gasteiger charge is -2.14. The van der Waals surface area contributed by atoms with Gasteiger partial charge in [-0.05, 0) is 49.6 Å². The molecule has 0 spiro atoms. The van der Waals surface area contributed by atoms with Crippen molar-refractivity contribution < 1.29 is 14.7 Å². The summed E-state index contributed by atoms with van der Waals surface area (Å²) in [6.07, 6.45) is 0. The van der Waals surface area contributed by atoms with Crippen molar-refractivity contribution in [3.05, 3.63) is 32.7 Å². The quantitative estimate of drug-likeness (QED) is 0.880. The van der Waals surface area contributed by atoms with E-state index in [9.17, 15) is 9.59 Å². The van der Waals surface area contributed by atoms with E-state index in [0.29, 0.717) is 5.56 Å². The number of amides is 1. The van der Waals surface area contributed by atoms with Gasteiger partial charge in [-0.2, -0.15) is 0 Å². The Bertz CT molecular complexity index is 434. The number of carbonyl (C=O) groups is 2. The van der Waals surface area contributed by atoms with Gasteiger partial charge < -0.3 is 10.4 Å². The molecular weight excluding hydrogens is 342 g/mol. The van der Waals surface area contributed by atoms with Crippen LogP contribution in [0.5, 0.6) is 0 Å². The molecule has 1 amide bonds. The van der Waals surface area contributed by atoms with Crippen molar-refractivity contribution in [3.8, 4) is 0 Å². The number of nitrogens with one attached hydrogen (secondary N) is 1. The highest BCUT2D eigenvalue weighted by Gasteiger charge is 2.21. The molecule has 2 N–H and O–H groups in total. The Morgan fingerprint density at radius 3 is 2.38 bits per heavy atom. The van der Waals surface area contributed by atoms with Gasteiger partial charge in [-0.1, -0.05) is 6.07 Å². The third kappa shape index (κ3) is 3.31. The predicted molar refractivity (Wildman–Crippen MR) is 66.0 cm³/mol. The van der Waals surface area contributed by atoms with Gasteiger partial charge in [-0.15, -0.1) is 0 Å². The number of carboxylic acid groups (broad SMARTS) is 1. The van der Waals surface area contributed by atoms with Crippen LogP contribution in [0.2, 0.25) is 0 Å². The van der Waals surface area contributed by atoms with E-state index in [1.165, 1.54) is 6.92 Å². The van der Waals surface area contributed by atoms with E-state index in [1.54, 1.807) is 18.2 Å². The molecule has 1 rings (SSSR count). The summed E-state index contributed by atoms with van der Waals surface area (Å²) >= 11 is 6.56. The number of hydrogen-bond donors (Lipinski definition) is 2. The molecule has 0 aromatic heterocycles. The zero-order chi connectivity index (χ0) is 12.3. The van der Waals surface area contributed by atoms with Crippen molar-refractivity contribution in [2.24, 2.45) is 0 Å². The van der Waals surface area contributed by atoms with Crippen molar-refractivity contribution in [2.75, 3.05) is 0 Å². The van der Waals surface area contributed by atoms with E-state index in [0.717, 1.165) is 8.95 Å². The summed E-state index contributed by atoms with van der Waals surface area (Å²) in [5, 5.41) is 11.4. The summed E-state index contributed by atoms with van der Waals surface area (Å²) in [7, 11) is 0. The third-order valence-corrected chi connectivity index (χ3v) is 3.75. The number of rotatable bonds is 3. The Labute approximate surface area is 109 Å². The average molecular weight is 351 g/mol. The fraction of sp³-hybridized carbons (Fsp3) is 0.200. The molecule has 0 saturated heterocycles. The lowest BCUT2D eigenvalue weighted by Crippen LogP contribution is -2.31. The van der Waals surface area contributed by atoms with Crippen LogP contribution in [0.3, 0.4) is 0 Å². The zero-order valence-electron chi connectivity index (χ0n) is 8.33. The summed E-state index contributed by atoms with van der Waals surface area (Å²) in [6.45, 7) is 1.28. The summed E-state index contributed by atoms with van der Waals surface area (Å²) in [4.78, 5) is 21.9. The van der Waals surface area contributed by atoms with Crippen LogP contribution in [0.1, 0.15) is 18.5 Å². The molecule has 1 aromatic carbocycles. The molecule has 86 valence electrons. The number of aliphatic carboxylic acids is 1. The molecule has 1 atom stereocenters. The van der Waals surface area contributed by atoms with Gasteiger partial charge >= 0.3 is 5.97 Å². The maximum absolute atomic E-state index is 11.0. The molecule has 1 aromatic rings. The molecule has 4 nitrogen and oxygen atoms in total. The molecule has 0 radical (unpaired) electrons. The van der Waals surface area contributed by atoms with E-state index in [-0.39, 0.29) is 5.91 Å².